The monoisotopic (exact) mass is 272 g/mol. The van der Waals surface area contributed by atoms with Crippen molar-refractivity contribution in [2.45, 2.75) is 31.8 Å². The summed E-state index contributed by atoms with van der Waals surface area (Å²) in [5.41, 5.74) is 6.75. The highest BCUT2D eigenvalue weighted by atomic mass is 16.2. The molecule has 0 saturated heterocycles. The molecule has 0 unspecified atom stereocenters. The van der Waals surface area contributed by atoms with E-state index in [2.05, 4.69) is 20.8 Å². The second-order valence-corrected chi connectivity index (χ2v) is 5.01. The van der Waals surface area contributed by atoms with E-state index in [0.717, 1.165) is 18.4 Å². The number of hydrogen-bond acceptors (Lipinski definition) is 5. The van der Waals surface area contributed by atoms with Gasteiger partial charge in [0.05, 0.1) is 5.54 Å². The Balaban J connectivity index is 1.84. The number of hydrogen-bond donors (Lipinski definition) is 2. The number of nitrogens with one attached hydrogen (secondary N) is 1. The van der Waals surface area contributed by atoms with Gasteiger partial charge in [-0.05, 0) is 42.3 Å². The molecule has 1 heterocycles. The number of anilines is 1. The van der Waals surface area contributed by atoms with Crippen molar-refractivity contribution in [3.8, 4) is 11.4 Å². The van der Waals surface area contributed by atoms with Gasteiger partial charge in [-0.2, -0.15) is 0 Å². The summed E-state index contributed by atoms with van der Waals surface area (Å²) in [6, 6.07) is 7.44. The molecule has 1 aliphatic carbocycles. The van der Waals surface area contributed by atoms with E-state index < -0.39 is 5.54 Å². The first-order chi connectivity index (χ1) is 9.62. The Morgan fingerprint density at radius 1 is 1.50 bits per heavy atom. The molecule has 0 bridgehead atoms. The summed E-state index contributed by atoms with van der Waals surface area (Å²) in [6.07, 6.45) is 1.49. The maximum absolute atomic E-state index is 11.9. The van der Waals surface area contributed by atoms with Gasteiger partial charge in [0.2, 0.25) is 5.91 Å². The third-order valence-electron chi connectivity index (χ3n) is 3.45. The van der Waals surface area contributed by atoms with Crippen LogP contribution in [0.1, 0.15) is 19.8 Å². The van der Waals surface area contributed by atoms with Crippen LogP contribution in [0.4, 0.5) is 5.69 Å². The standard InChI is InChI=1S/C13H16N6O/c1-2-19-11(16-17-18-19)9-4-3-5-10(8-9)15-12(20)13(14)6-7-13/h3-5,8H,2,6-7,14H2,1H3,(H,15,20). The number of rotatable bonds is 4. The maximum Gasteiger partial charge on any atom is 0.244 e. The number of aryl methyl sites for hydroxylation is 1. The predicted molar refractivity (Wildman–Crippen MR) is 73.7 cm³/mol. The first-order valence-corrected chi connectivity index (χ1v) is 6.59. The van der Waals surface area contributed by atoms with Gasteiger partial charge >= 0.3 is 0 Å². The molecule has 1 fully saturated rings. The minimum atomic E-state index is -0.680. The van der Waals surface area contributed by atoms with Gasteiger partial charge in [-0.1, -0.05) is 12.1 Å². The highest BCUT2D eigenvalue weighted by Gasteiger charge is 2.45. The summed E-state index contributed by atoms with van der Waals surface area (Å²) in [5, 5.41) is 14.4. The van der Waals surface area contributed by atoms with E-state index in [0.29, 0.717) is 18.1 Å². The highest BCUT2D eigenvalue weighted by molar-refractivity contribution is 6.00. The minimum Gasteiger partial charge on any atom is -0.324 e. The van der Waals surface area contributed by atoms with Crippen LogP contribution in [0.5, 0.6) is 0 Å². The van der Waals surface area contributed by atoms with Gasteiger partial charge in [0, 0.05) is 17.8 Å². The van der Waals surface area contributed by atoms with Gasteiger partial charge < -0.3 is 11.1 Å². The second-order valence-electron chi connectivity index (χ2n) is 5.01. The van der Waals surface area contributed by atoms with Gasteiger partial charge in [0.25, 0.3) is 0 Å². The summed E-state index contributed by atoms with van der Waals surface area (Å²) in [7, 11) is 0. The zero-order valence-corrected chi connectivity index (χ0v) is 11.2. The van der Waals surface area contributed by atoms with Crippen molar-refractivity contribution >= 4 is 11.6 Å². The number of carbonyl (C=O) groups is 1. The van der Waals surface area contributed by atoms with Gasteiger partial charge in [-0.25, -0.2) is 4.68 Å². The molecular weight excluding hydrogens is 256 g/mol. The van der Waals surface area contributed by atoms with Gasteiger partial charge in [-0.3, -0.25) is 4.79 Å². The molecule has 1 aliphatic rings. The van der Waals surface area contributed by atoms with E-state index in [4.69, 9.17) is 5.73 Å². The lowest BCUT2D eigenvalue weighted by Gasteiger charge is -2.11. The van der Waals surface area contributed by atoms with E-state index in [1.807, 2.05) is 31.2 Å². The van der Waals surface area contributed by atoms with Crippen molar-refractivity contribution in [2.24, 2.45) is 5.73 Å². The zero-order chi connectivity index (χ0) is 14.2. The molecule has 0 radical (unpaired) electrons. The fourth-order valence-electron chi connectivity index (χ4n) is 1.98. The highest BCUT2D eigenvalue weighted by Crippen LogP contribution is 2.33. The smallest absolute Gasteiger partial charge is 0.244 e. The van der Waals surface area contributed by atoms with Crippen molar-refractivity contribution in [1.82, 2.24) is 20.2 Å². The molecule has 3 N–H and O–H groups in total. The van der Waals surface area contributed by atoms with E-state index >= 15 is 0 Å². The molecule has 104 valence electrons. The number of nitrogens with two attached hydrogens (primary N) is 1. The van der Waals surface area contributed by atoms with Gasteiger partial charge in [-0.15, -0.1) is 5.10 Å². The van der Waals surface area contributed by atoms with Gasteiger partial charge in [0.15, 0.2) is 5.82 Å². The van der Waals surface area contributed by atoms with Crippen molar-refractivity contribution in [1.29, 1.82) is 0 Å². The molecule has 7 nitrogen and oxygen atoms in total. The van der Waals surface area contributed by atoms with Crippen LogP contribution in [0.25, 0.3) is 11.4 Å². The van der Waals surface area contributed by atoms with Gasteiger partial charge in [0.1, 0.15) is 0 Å². The summed E-state index contributed by atoms with van der Waals surface area (Å²) >= 11 is 0. The van der Waals surface area contributed by atoms with Crippen LogP contribution in [-0.2, 0) is 11.3 Å². The third-order valence-corrected chi connectivity index (χ3v) is 3.45. The average molecular weight is 272 g/mol. The van der Waals surface area contributed by atoms with E-state index in [-0.39, 0.29) is 5.91 Å². The Bertz CT molecular complexity index is 646. The van der Waals surface area contributed by atoms with E-state index in [1.165, 1.54) is 0 Å². The molecule has 0 atom stereocenters. The Hall–Kier alpha value is -2.28. The third kappa shape index (κ3) is 2.27. The lowest BCUT2D eigenvalue weighted by atomic mass is 10.1. The number of carbonyl (C=O) groups excluding carboxylic acids is 1. The first-order valence-electron chi connectivity index (χ1n) is 6.59. The van der Waals surface area contributed by atoms with E-state index in [9.17, 15) is 4.79 Å². The fourth-order valence-corrected chi connectivity index (χ4v) is 1.98. The lowest BCUT2D eigenvalue weighted by Crippen LogP contribution is -2.37. The quantitative estimate of drug-likeness (QED) is 0.857. The molecule has 2 aromatic rings. The normalized spacial score (nSPS) is 15.9. The number of aromatic nitrogens is 4. The van der Waals surface area contributed by atoms with Crippen LogP contribution >= 0.6 is 0 Å². The van der Waals surface area contributed by atoms with Crippen LogP contribution in [0.2, 0.25) is 0 Å². The van der Waals surface area contributed by atoms with Crippen LogP contribution in [0.15, 0.2) is 24.3 Å². The largest absolute Gasteiger partial charge is 0.324 e. The summed E-state index contributed by atoms with van der Waals surface area (Å²) in [5.74, 6) is 0.544. The Kier molecular flexibility index (Phi) is 2.98. The SMILES string of the molecule is CCn1nnnc1-c1cccc(NC(=O)C2(N)CC2)c1. The first kappa shape index (κ1) is 12.7. The molecule has 1 aromatic carbocycles. The Morgan fingerprint density at radius 3 is 3.00 bits per heavy atom. The lowest BCUT2D eigenvalue weighted by molar-refractivity contribution is -0.118. The van der Waals surface area contributed by atoms with Crippen molar-refractivity contribution in [2.75, 3.05) is 5.32 Å². The molecule has 3 rings (SSSR count). The molecule has 7 heteroatoms. The zero-order valence-electron chi connectivity index (χ0n) is 11.2. The molecule has 1 amide bonds. The topological polar surface area (TPSA) is 98.7 Å². The summed E-state index contributed by atoms with van der Waals surface area (Å²) in [4.78, 5) is 11.9. The molecule has 20 heavy (non-hydrogen) atoms. The second kappa shape index (κ2) is 4.68. The molecular formula is C13H16N6O. The Morgan fingerprint density at radius 2 is 2.30 bits per heavy atom. The van der Waals surface area contributed by atoms with Crippen LogP contribution in [-0.4, -0.2) is 31.7 Å². The summed E-state index contributed by atoms with van der Waals surface area (Å²) in [6.45, 7) is 2.65. The van der Waals surface area contributed by atoms with E-state index in [1.54, 1.807) is 4.68 Å². The molecule has 0 spiro atoms. The van der Waals surface area contributed by atoms with Crippen molar-refractivity contribution in [3.63, 3.8) is 0 Å². The fraction of sp³-hybridized carbons (Fsp3) is 0.385. The molecule has 1 saturated carbocycles. The predicted octanol–water partition coefficient (Wildman–Crippen LogP) is 0.790. The Labute approximate surface area is 116 Å². The van der Waals surface area contributed by atoms with Crippen LogP contribution < -0.4 is 11.1 Å². The maximum atomic E-state index is 11.9. The number of nitrogens with zero attached hydrogens (tertiary/aromatic N) is 4. The van der Waals surface area contributed by atoms with Crippen LogP contribution in [0, 0.1) is 0 Å². The number of amides is 1. The summed E-state index contributed by atoms with van der Waals surface area (Å²) < 4.78 is 1.70. The van der Waals surface area contributed by atoms with Crippen molar-refractivity contribution in [3.05, 3.63) is 24.3 Å². The number of tetrazole rings is 1. The average Bonchev–Trinajstić information content (AvgIpc) is 3.04. The molecule has 1 aromatic heterocycles. The minimum absolute atomic E-state index is 0.135. The molecule has 0 aliphatic heterocycles. The van der Waals surface area contributed by atoms with Crippen LogP contribution in [0.3, 0.4) is 0 Å². The number of benzene rings is 1. The van der Waals surface area contributed by atoms with Crippen molar-refractivity contribution < 1.29 is 4.79 Å².